The van der Waals surface area contributed by atoms with E-state index in [0.29, 0.717) is 11.5 Å². The van der Waals surface area contributed by atoms with Gasteiger partial charge >= 0.3 is 0 Å². The Kier molecular flexibility index (Phi) is 4.92. The van der Waals surface area contributed by atoms with Crippen LogP contribution < -0.4 is 15.3 Å². The van der Waals surface area contributed by atoms with E-state index in [9.17, 15) is 10.1 Å². The largest absolute Gasteiger partial charge is 0.493 e. The Morgan fingerprint density at radius 3 is 2.55 bits per heavy atom. The molecule has 0 atom stereocenters. The molecule has 2 aromatic carbocycles. The van der Waals surface area contributed by atoms with Gasteiger partial charge in [0.1, 0.15) is 6.61 Å². The zero-order valence-electron chi connectivity index (χ0n) is 11.9. The van der Waals surface area contributed by atoms with Crippen molar-refractivity contribution in [3.8, 4) is 11.5 Å². The van der Waals surface area contributed by atoms with Crippen LogP contribution in [-0.4, -0.2) is 18.2 Å². The molecule has 114 valence electrons. The summed E-state index contributed by atoms with van der Waals surface area (Å²) in [6.07, 6.45) is 1.50. The number of rotatable bonds is 6. The summed E-state index contributed by atoms with van der Waals surface area (Å²) in [5, 5.41) is 14.1. The summed E-state index contributed by atoms with van der Waals surface area (Å²) >= 11 is 0. The highest BCUT2D eigenvalue weighted by molar-refractivity contribution is 5.80. The lowest BCUT2D eigenvalue weighted by Crippen LogP contribution is -1.99. The van der Waals surface area contributed by atoms with Gasteiger partial charge in [0.15, 0.2) is 11.5 Å². The number of nitro groups is 1. The molecule has 2 rings (SSSR count). The Hall–Kier alpha value is -3.09. The van der Waals surface area contributed by atoms with Crippen molar-refractivity contribution in [1.82, 2.24) is 0 Å². The summed E-state index contributed by atoms with van der Waals surface area (Å²) in [6.45, 7) is 0.261. The zero-order valence-corrected chi connectivity index (χ0v) is 11.9. The Bertz CT molecular complexity index is 684. The highest BCUT2D eigenvalue weighted by Gasteiger charge is 2.07. The summed E-state index contributed by atoms with van der Waals surface area (Å²) in [5.74, 6) is 6.25. The molecule has 0 fully saturated rings. The number of non-ortho nitro benzene ring substituents is 1. The van der Waals surface area contributed by atoms with Gasteiger partial charge in [0, 0.05) is 12.1 Å². The van der Waals surface area contributed by atoms with Crippen LogP contribution in [0, 0.1) is 10.1 Å². The predicted molar refractivity (Wildman–Crippen MR) is 82.2 cm³/mol. The van der Waals surface area contributed by atoms with Gasteiger partial charge in [-0.2, -0.15) is 5.10 Å². The van der Waals surface area contributed by atoms with E-state index in [0.717, 1.165) is 11.1 Å². The number of nitrogens with zero attached hydrogens (tertiary/aromatic N) is 2. The molecule has 0 aliphatic carbocycles. The molecule has 0 saturated carbocycles. The third-order valence-corrected chi connectivity index (χ3v) is 2.95. The molecule has 22 heavy (non-hydrogen) atoms. The van der Waals surface area contributed by atoms with Crippen LogP contribution in [0.25, 0.3) is 0 Å². The molecular formula is C15H15N3O4. The van der Waals surface area contributed by atoms with Gasteiger partial charge in [-0.1, -0.05) is 0 Å². The van der Waals surface area contributed by atoms with Gasteiger partial charge in [0.2, 0.25) is 0 Å². The number of hydrogen-bond donors (Lipinski definition) is 1. The van der Waals surface area contributed by atoms with Gasteiger partial charge < -0.3 is 15.3 Å². The third-order valence-electron chi connectivity index (χ3n) is 2.95. The number of hydrazone groups is 1. The second-order valence-electron chi connectivity index (χ2n) is 4.40. The normalized spacial score (nSPS) is 10.6. The van der Waals surface area contributed by atoms with Crippen LogP contribution in [0.3, 0.4) is 0 Å². The smallest absolute Gasteiger partial charge is 0.269 e. The number of nitrogens with two attached hydrogens (primary N) is 1. The van der Waals surface area contributed by atoms with E-state index in [4.69, 9.17) is 15.3 Å². The Labute approximate surface area is 127 Å². The molecule has 0 heterocycles. The molecule has 7 heteroatoms. The molecule has 0 bridgehead atoms. The molecular weight excluding hydrogens is 286 g/mol. The average Bonchev–Trinajstić information content (AvgIpc) is 2.54. The van der Waals surface area contributed by atoms with Crippen LogP contribution in [0.4, 0.5) is 5.69 Å². The van der Waals surface area contributed by atoms with Crippen molar-refractivity contribution in [3.63, 3.8) is 0 Å². The van der Waals surface area contributed by atoms with Gasteiger partial charge in [-0.25, -0.2) is 0 Å². The van der Waals surface area contributed by atoms with Crippen molar-refractivity contribution >= 4 is 11.9 Å². The quantitative estimate of drug-likeness (QED) is 0.382. The van der Waals surface area contributed by atoms with Gasteiger partial charge in [-0.15, -0.1) is 0 Å². The van der Waals surface area contributed by atoms with E-state index in [2.05, 4.69) is 5.10 Å². The van der Waals surface area contributed by atoms with Gasteiger partial charge in [-0.05, 0) is 41.5 Å². The minimum atomic E-state index is -0.441. The summed E-state index contributed by atoms with van der Waals surface area (Å²) in [6, 6.07) is 11.5. The van der Waals surface area contributed by atoms with Crippen molar-refractivity contribution in [3.05, 3.63) is 63.7 Å². The average molecular weight is 301 g/mol. The fourth-order valence-electron chi connectivity index (χ4n) is 1.85. The Morgan fingerprint density at radius 1 is 1.23 bits per heavy atom. The highest BCUT2D eigenvalue weighted by Crippen LogP contribution is 2.28. The Morgan fingerprint density at radius 2 is 1.95 bits per heavy atom. The Balaban J connectivity index is 2.12. The predicted octanol–water partition coefficient (Wildman–Crippen LogP) is 2.48. The fraction of sp³-hybridized carbons (Fsp3) is 0.133. The topological polar surface area (TPSA) is 100.0 Å². The van der Waals surface area contributed by atoms with Crippen molar-refractivity contribution in [2.24, 2.45) is 10.9 Å². The highest BCUT2D eigenvalue weighted by atomic mass is 16.6. The molecule has 0 unspecified atom stereocenters. The number of hydrogen-bond acceptors (Lipinski definition) is 6. The van der Waals surface area contributed by atoms with Crippen LogP contribution in [0.2, 0.25) is 0 Å². The van der Waals surface area contributed by atoms with Crippen LogP contribution in [0.5, 0.6) is 11.5 Å². The molecule has 7 nitrogen and oxygen atoms in total. The van der Waals surface area contributed by atoms with Crippen molar-refractivity contribution in [1.29, 1.82) is 0 Å². The first kappa shape index (κ1) is 15.3. The van der Waals surface area contributed by atoms with E-state index < -0.39 is 4.92 Å². The maximum Gasteiger partial charge on any atom is 0.269 e. The van der Waals surface area contributed by atoms with E-state index in [-0.39, 0.29) is 12.3 Å². The van der Waals surface area contributed by atoms with E-state index >= 15 is 0 Å². The van der Waals surface area contributed by atoms with Crippen LogP contribution in [-0.2, 0) is 6.61 Å². The lowest BCUT2D eigenvalue weighted by Gasteiger charge is -2.11. The molecule has 0 spiro atoms. The minimum Gasteiger partial charge on any atom is -0.493 e. The van der Waals surface area contributed by atoms with E-state index in [1.54, 1.807) is 37.4 Å². The molecule has 2 aromatic rings. The van der Waals surface area contributed by atoms with Crippen molar-refractivity contribution in [2.75, 3.05) is 7.11 Å². The van der Waals surface area contributed by atoms with Crippen LogP contribution >= 0.6 is 0 Å². The second kappa shape index (κ2) is 7.07. The standard InChI is InChI=1S/C15H15N3O4/c1-21-14-7-4-12(9-17-16)8-15(14)22-10-11-2-5-13(6-3-11)18(19)20/h2-9H,10,16H2,1H3/b17-9-. The minimum absolute atomic E-state index is 0.0440. The summed E-state index contributed by atoms with van der Waals surface area (Å²) < 4.78 is 10.9. The number of benzene rings is 2. The fourth-order valence-corrected chi connectivity index (χ4v) is 1.85. The summed E-state index contributed by atoms with van der Waals surface area (Å²) in [5.41, 5.74) is 1.63. The van der Waals surface area contributed by atoms with E-state index in [1.807, 2.05) is 0 Å². The molecule has 0 aromatic heterocycles. The SMILES string of the molecule is COc1ccc(/C=N\N)cc1OCc1ccc([N+](=O)[O-])cc1. The van der Waals surface area contributed by atoms with Gasteiger partial charge in [0.25, 0.3) is 5.69 Å². The molecule has 0 aliphatic rings. The molecule has 0 aliphatic heterocycles. The third kappa shape index (κ3) is 3.72. The summed E-state index contributed by atoms with van der Waals surface area (Å²) in [7, 11) is 1.55. The summed E-state index contributed by atoms with van der Waals surface area (Å²) in [4.78, 5) is 10.2. The monoisotopic (exact) mass is 301 g/mol. The molecule has 0 saturated heterocycles. The number of ether oxygens (including phenoxy) is 2. The number of methoxy groups -OCH3 is 1. The first-order valence-electron chi connectivity index (χ1n) is 6.41. The van der Waals surface area contributed by atoms with Crippen molar-refractivity contribution in [2.45, 2.75) is 6.61 Å². The second-order valence-corrected chi connectivity index (χ2v) is 4.40. The van der Waals surface area contributed by atoms with Gasteiger partial charge in [0.05, 0.1) is 18.2 Å². The molecule has 0 amide bonds. The van der Waals surface area contributed by atoms with Crippen LogP contribution in [0.15, 0.2) is 47.6 Å². The zero-order chi connectivity index (χ0) is 15.9. The number of nitro benzene ring substituents is 1. The lowest BCUT2D eigenvalue weighted by molar-refractivity contribution is -0.384. The molecule has 0 radical (unpaired) electrons. The first-order chi connectivity index (χ1) is 10.6. The lowest BCUT2D eigenvalue weighted by atomic mass is 10.2. The maximum absolute atomic E-state index is 10.6. The van der Waals surface area contributed by atoms with Crippen molar-refractivity contribution < 1.29 is 14.4 Å². The first-order valence-corrected chi connectivity index (χ1v) is 6.41. The van der Waals surface area contributed by atoms with Gasteiger partial charge in [-0.3, -0.25) is 10.1 Å². The maximum atomic E-state index is 10.6. The van der Waals surface area contributed by atoms with Crippen LogP contribution in [0.1, 0.15) is 11.1 Å². The van der Waals surface area contributed by atoms with E-state index in [1.165, 1.54) is 18.3 Å². The molecule has 2 N–H and O–H groups in total.